The molecule has 5 heteroatoms. The molecule has 15 rings (SSSR count). The van der Waals surface area contributed by atoms with E-state index in [0.717, 1.165) is 28.4 Å². The van der Waals surface area contributed by atoms with Crippen LogP contribution in [-0.2, 0) is 5.41 Å². The summed E-state index contributed by atoms with van der Waals surface area (Å²) in [6, 6.07) is 94.5. The molecule has 338 valence electrons. The number of thiophene rings is 2. The van der Waals surface area contributed by atoms with Crippen LogP contribution >= 0.6 is 34.4 Å². The van der Waals surface area contributed by atoms with Crippen LogP contribution in [0.5, 0.6) is 0 Å². The van der Waals surface area contributed by atoms with Crippen molar-refractivity contribution in [1.29, 1.82) is 0 Å². The van der Waals surface area contributed by atoms with Gasteiger partial charge in [-0.1, -0.05) is 200 Å². The highest BCUT2D eigenvalue weighted by Gasteiger charge is 2.51. The molecule has 0 amide bonds. The molecular weight excluding hydrogens is 929 g/mol. The lowest BCUT2D eigenvalue weighted by Gasteiger charge is -2.41. The van der Waals surface area contributed by atoms with Gasteiger partial charge in [-0.15, -0.1) is 22.7 Å². The third kappa shape index (κ3) is 6.15. The van der Waals surface area contributed by atoms with E-state index in [-0.39, 0.29) is 0 Å². The van der Waals surface area contributed by atoms with Gasteiger partial charge in [0.2, 0.25) is 0 Å². The third-order valence-corrected chi connectivity index (χ3v) is 18.6. The summed E-state index contributed by atoms with van der Waals surface area (Å²) < 4.78 is 5.18. The van der Waals surface area contributed by atoms with Crippen LogP contribution in [0.15, 0.2) is 265 Å². The lowest BCUT2D eigenvalue weighted by atomic mass is 9.67. The van der Waals surface area contributed by atoms with Gasteiger partial charge in [-0.05, 0) is 106 Å². The molecule has 0 saturated carbocycles. The number of hydrogen-bond acceptors (Lipinski definition) is 5. The number of nitrogens with zero attached hydrogens (tertiary/aromatic N) is 2. The first-order valence-corrected chi connectivity index (χ1v) is 26.9. The minimum absolute atomic E-state index is 0.558. The van der Waals surface area contributed by atoms with Gasteiger partial charge >= 0.3 is 0 Å². The number of hydrogen-bond donors (Lipinski definition) is 0. The standard InChI is InChI=1S/C67H42N2S3/c1-4-19-43(20-5-1)48-25-12-16-32-59(48)68(44-21-6-2-7-22-44)46-36-38-53-54-39-40-58-66(64(54)71-63(53)42-46)72-65-57(67(58)55-29-14-10-26-49(55)50-27-11-15-30-56(50)67)31-18-33-60(65)69(45-23-8-3-9-24-45)47-35-37-52-51-28-13-17-34-61(51)70-62(52)41-47/h1-42H. The fourth-order valence-electron chi connectivity index (χ4n) is 11.9. The van der Waals surface area contributed by atoms with Gasteiger partial charge in [0.15, 0.2) is 0 Å². The lowest BCUT2D eigenvalue weighted by Crippen LogP contribution is -2.32. The molecule has 11 aromatic carbocycles. The van der Waals surface area contributed by atoms with Crippen molar-refractivity contribution in [2.24, 2.45) is 0 Å². The molecule has 1 spiro atoms. The molecule has 0 atom stereocenters. The number of benzene rings is 11. The summed E-state index contributed by atoms with van der Waals surface area (Å²) in [5, 5.41) is 5.17. The van der Waals surface area contributed by atoms with Gasteiger partial charge in [0, 0.05) is 78.4 Å². The van der Waals surface area contributed by atoms with E-state index in [9.17, 15) is 0 Å². The molecule has 0 radical (unpaired) electrons. The van der Waals surface area contributed by atoms with E-state index in [1.807, 2.05) is 34.4 Å². The molecule has 2 aromatic heterocycles. The maximum atomic E-state index is 2.50. The van der Waals surface area contributed by atoms with E-state index in [1.54, 1.807) is 0 Å². The van der Waals surface area contributed by atoms with E-state index in [2.05, 4.69) is 265 Å². The Morgan fingerprint density at radius 1 is 0.292 bits per heavy atom. The molecule has 0 saturated heterocycles. The first kappa shape index (κ1) is 41.6. The van der Waals surface area contributed by atoms with Crippen LogP contribution in [0, 0.1) is 0 Å². The molecular formula is C67H42N2S3. The summed E-state index contributed by atoms with van der Waals surface area (Å²) >= 11 is 5.75. The summed E-state index contributed by atoms with van der Waals surface area (Å²) in [5.74, 6) is 0. The second-order valence-corrected chi connectivity index (χ2v) is 21.9. The van der Waals surface area contributed by atoms with Crippen LogP contribution < -0.4 is 9.80 Å². The van der Waals surface area contributed by atoms with Gasteiger partial charge < -0.3 is 9.80 Å². The molecule has 0 bridgehead atoms. The van der Waals surface area contributed by atoms with Gasteiger partial charge in [-0.2, -0.15) is 0 Å². The maximum Gasteiger partial charge on any atom is 0.0736 e. The van der Waals surface area contributed by atoms with Gasteiger partial charge in [0.05, 0.1) is 16.8 Å². The minimum atomic E-state index is -0.558. The smallest absolute Gasteiger partial charge is 0.0736 e. The highest BCUT2D eigenvalue weighted by molar-refractivity contribution is 8.00. The summed E-state index contributed by atoms with van der Waals surface area (Å²) in [6.07, 6.45) is 0. The van der Waals surface area contributed by atoms with Crippen molar-refractivity contribution < 1.29 is 0 Å². The average molecular weight is 971 g/mol. The highest BCUT2D eigenvalue weighted by atomic mass is 32.2. The Bertz CT molecular complexity index is 4220. The number of para-hydroxylation sites is 3. The summed E-state index contributed by atoms with van der Waals surface area (Å²) in [6.45, 7) is 0. The van der Waals surface area contributed by atoms with Crippen molar-refractivity contribution in [3.8, 4) is 22.3 Å². The Morgan fingerprint density at radius 3 is 1.47 bits per heavy atom. The zero-order valence-electron chi connectivity index (χ0n) is 38.9. The van der Waals surface area contributed by atoms with Crippen LogP contribution in [0.1, 0.15) is 22.3 Å². The van der Waals surface area contributed by atoms with Gasteiger partial charge in [-0.3, -0.25) is 0 Å². The van der Waals surface area contributed by atoms with Crippen molar-refractivity contribution in [1.82, 2.24) is 0 Å². The lowest BCUT2D eigenvalue weighted by molar-refractivity contribution is 0.726. The van der Waals surface area contributed by atoms with Crippen LogP contribution in [0.2, 0.25) is 0 Å². The Labute approximate surface area is 430 Å². The van der Waals surface area contributed by atoms with E-state index in [4.69, 9.17) is 0 Å². The Morgan fingerprint density at radius 2 is 0.778 bits per heavy atom. The van der Waals surface area contributed by atoms with E-state index < -0.39 is 5.41 Å². The fraction of sp³-hybridized carbons (Fsp3) is 0.0149. The molecule has 1 aliphatic carbocycles. The molecule has 0 unspecified atom stereocenters. The molecule has 3 heterocycles. The van der Waals surface area contributed by atoms with Gasteiger partial charge in [0.25, 0.3) is 0 Å². The Kier molecular flexibility index (Phi) is 9.49. The molecule has 2 nitrogen and oxygen atoms in total. The van der Waals surface area contributed by atoms with Crippen molar-refractivity contribution in [3.05, 3.63) is 277 Å². The molecule has 13 aromatic rings. The second kappa shape index (κ2) is 16.4. The summed E-state index contributed by atoms with van der Waals surface area (Å²) in [4.78, 5) is 7.53. The van der Waals surface area contributed by atoms with Crippen LogP contribution in [0.4, 0.5) is 34.1 Å². The maximum absolute atomic E-state index is 2.50. The molecule has 2 aliphatic rings. The van der Waals surface area contributed by atoms with E-state index in [0.29, 0.717) is 0 Å². The summed E-state index contributed by atoms with van der Waals surface area (Å²) in [5.41, 5.74) is 16.6. The van der Waals surface area contributed by atoms with E-state index in [1.165, 1.54) is 100 Å². The Hall–Kier alpha value is -8.19. The largest absolute Gasteiger partial charge is 0.310 e. The van der Waals surface area contributed by atoms with E-state index >= 15 is 0 Å². The minimum Gasteiger partial charge on any atom is -0.310 e. The number of fused-ring (bicyclic) bond motifs is 16. The van der Waals surface area contributed by atoms with Crippen molar-refractivity contribution in [2.45, 2.75) is 15.2 Å². The van der Waals surface area contributed by atoms with Crippen LogP contribution in [-0.4, -0.2) is 0 Å². The third-order valence-electron chi connectivity index (χ3n) is 14.9. The summed E-state index contributed by atoms with van der Waals surface area (Å²) in [7, 11) is 0. The zero-order chi connectivity index (χ0) is 47.3. The van der Waals surface area contributed by atoms with Crippen molar-refractivity contribution in [3.63, 3.8) is 0 Å². The molecule has 0 fully saturated rings. The zero-order valence-corrected chi connectivity index (χ0v) is 41.3. The number of rotatable bonds is 7. The van der Waals surface area contributed by atoms with Crippen molar-refractivity contribution in [2.75, 3.05) is 9.80 Å². The average Bonchev–Trinajstić information content (AvgIpc) is 4.11. The highest BCUT2D eigenvalue weighted by Crippen LogP contribution is 2.65. The second-order valence-electron chi connectivity index (χ2n) is 18.7. The van der Waals surface area contributed by atoms with Gasteiger partial charge in [0.1, 0.15) is 0 Å². The fourth-order valence-corrected chi connectivity index (χ4v) is 15.8. The quantitative estimate of drug-likeness (QED) is 0.157. The number of anilines is 6. The first-order valence-electron chi connectivity index (χ1n) is 24.5. The van der Waals surface area contributed by atoms with Crippen LogP contribution in [0.3, 0.4) is 0 Å². The first-order chi connectivity index (χ1) is 35.7. The molecule has 0 N–H and O–H groups in total. The monoisotopic (exact) mass is 970 g/mol. The Balaban J connectivity index is 0.977. The molecule has 1 aliphatic heterocycles. The van der Waals surface area contributed by atoms with Crippen LogP contribution in [0.25, 0.3) is 62.6 Å². The molecule has 72 heavy (non-hydrogen) atoms. The predicted octanol–water partition coefficient (Wildman–Crippen LogP) is 19.9. The van der Waals surface area contributed by atoms with Gasteiger partial charge in [-0.25, -0.2) is 0 Å². The SMILES string of the molecule is c1ccc(-c2ccccc2N(c2ccccc2)c2ccc3c(c2)sc2c4c(ccc23)C2(c3ccccc3-c3ccccc32)c2cccc(N(c3ccccc3)c3ccc5c(c3)sc3ccccc35)c2S4)cc1. The topological polar surface area (TPSA) is 6.48 Å². The van der Waals surface area contributed by atoms with Crippen molar-refractivity contribution >= 4 is 109 Å². The normalized spacial score (nSPS) is 13.1. The predicted molar refractivity (Wildman–Crippen MR) is 308 cm³/mol.